The summed E-state index contributed by atoms with van der Waals surface area (Å²) in [5.41, 5.74) is 9.09. The summed E-state index contributed by atoms with van der Waals surface area (Å²) < 4.78 is 0. The van der Waals surface area contributed by atoms with Crippen molar-refractivity contribution in [1.82, 2.24) is 0 Å². The van der Waals surface area contributed by atoms with E-state index >= 15 is 0 Å². The number of hydrogen-bond acceptors (Lipinski definition) is 2. The van der Waals surface area contributed by atoms with E-state index in [1.807, 2.05) is 0 Å². The number of fused-ring (bicyclic) bond motifs is 3. The maximum absolute atomic E-state index is 5.88. The predicted octanol–water partition coefficient (Wildman–Crippen LogP) is 4.65. The van der Waals surface area contributed by atoms with E-state index in [1.165, 1.54) is 33.4 Å². The number of rotatable bonds is 1. The molecule has 0 bridgehead atoms. The van der Waals surface area contributed by atoms with Gasteiger partial charge in [0.05, 0.1) is 5.71 Å². The topological polar surface area (TPSA) is 21.6 Å². The molecule has 0 N–H and O–H groups in total. The van der Waals surface area contributed by atoms with Crippen LogP contribution in [0.25, 0.3) is 0 Å². The number of oxime groups is 1. The fourth-order valence-electron chi connectivity index (χ4n) is 4.13. The Balaban J connectivity index is 1.76. The lowest BCUT2D eigenvalue weighted by Gasteiger charge is -2.27. The largest absolute Gasteiger partial charge is 0.387 e. The molecule has 1 aliphatic carbocycles. The molecule has 2 unspecified atom stereocenters. The molecular formula is C20H21NO. The van der Waals surface area contributed by atoms with Crippen LogP contribution in [0.15, 0.2) is 41.6 Å². The van der Waals surface area contributed by atoms with E-state index < -0.39 is 0 Å². The second kappa shape index (κ2) is 4.98. The number of nitrogens with zero attached hydrogens (tertiary/aromatic N) is 1. The van der Waals surface area contributed by atoms with Crippen LogP contribution in [-0.4, -0.2) is 5.71 Å². The van der Waals surface area contributed by atoms with E-state index in [-0.39, 0.29) is 6.10 Å². The third kappa shape index (κ3) is 1.98. The summed E-state index contributed by atoms with van der Waals surface area (Å²) in [7, 11) is 0. The molecule has 2 aromatic rings. The lowest BCUT2D eigenvalue weighted by molar-refractivity contribution is 0.0542. The van der Waals surface area contributed by atoms with Crippen molar-refractivity contribution in [3.05, 3.63) is 69.8 Å². The van der Waals surface area contributed by atoms with E-state index in [4.69, 9.17) is 4.84 Å². The predicted molar refractivity (Wildman–Crippen MR) is 89.3 cm³/mol. The van der Waals surface area contributed by atoms with Gasteiger partial charge in [0.25, 0.3) is 0 Å². The zero-order valence-electron chi connectivity index (χ0n) is 13.4. The van der Waals surface area contributed by atoms with Crippen LogP contribution in [-0.2, 0) is 11.3 Å². The Bertz CT molecular complexity index is 752. The van der Waals surface area contributed by atoms with Gasteiger partial charge in [0.2, 0.25) is 0 Å². The molecule has 2 aromatic carbocycles. The van der Waals surface area contributed by atoms with Gasteiger partial charge in [-0.25, -0.2) is 0 Å². The van der Waals surface area contributed by atoms with Crippen molar-refractivity contribution in [2.75, 3.05) is 0 Å². The monoisotopic (exact) mass is 291 g/mol. The Labute approximate surface area is 131 Å². The second-order valence-corrected chi connectivity index (χ2v) is 6.62. The zero-order chi connectivity index (χ0) is 15.3. The fraction of sp³-hybridized carbons (Fsp3) is 0.350. The van der Waals surface area contributed by atoms with Crippen LogP contribution < -0.4 is 0 Å². The van der Waals surface area contributed by atoms with Crippen molar-refractivity contribution in [1.29, 1.82) is 0 Å². The van der Waals surface area contributed by atoms with Crippen LogP contribution in [0, 0.1) is 26.7 Å². The van der Waals surface area contributed by atoms with Gasteiger partial charge in [-0.1, -0.05) is 47.1 Å². The molecule has 0 fully saturated rings. The lowest BCUT2D eigenvalue weighted by atomic mass is 9.76. The SMILES string of the molecule is Cc1cc(C)c(C2=NOC3c4ccccc4CCC23)c(C)c1. The molecule has 2 nitrogen and oxygen atoms in total. The highest BCUT2D eigenvalue weighted by molar-refractivity contribution is 6.05. The number of aryl methyl sites for hydroxylation is 4. The summed E-state index contributed by atoms with van der Waals surface area (Å²) in [6.07, 6.45) is 2.33. The number of hydrogen-bond donors (Lipinski definition) is 0. The van der Waals surface area contributed by atoms with Crippen molar-refractivity contribution in [2.45, 2.75) is 39.7 Å². The number of benzene rings is 2. The smallest absolute Gasteiger partial charge is 0.161 e. The highest BCUT2D eigenvalue weighted by atomic mass is 16.6. The molecule has 2 atom stereocenters. The van der Waals surface area contributed by atoms with Crippen LogP contribution in [0.3, 0.4) is 0 Å². The third-order valence-electron chi connectivity index (χ3n) is 5.00. The minimum absolute atomic E-state index is 0.0973. The maximum Gasteiger partial charge on any atom is 0.161 e. The summed E-state index contributed by atoms with van der Waals surface area (Å²) >= 11 is 0. The normalized spacial score (nSPS) is 22.6. The average Bonchev–Trinajstić information content (AvgIpc) is 2.90. The molecular weight excluding hydrogens is 270 g/mol. The summed E-state index contributed by atoms with van der Waals surface area (Å²) in [6.45, 7) is 6.51. The van der Waals surface area contributed by atoms with E-state index in [0.29, 0.717) is 5.92 Å². The molecule has 2 aliphatic rings. The molecule has 0 amide bonds. The van der Waals surface area contributed by atoms with Crippen molar-refractivity contribution >= 4 is 5.71 Å². The Kier molecular flexibility index (Phi) is 3.07. The quantitative estimate of drug-likeness (QED) is 0.749. The van der Waals surface area contributed by atoms with E-state index in [9.17, 15) is 0 Å². The van der Waals surface area contributed by atoms with Crippen LogP contribution in [0.4, 0.5) is 0 Å². The Morgan fingerprint density at radius 2 is 1.77 bits per heavy atom. The van der Waals surface area contributed by atoms with Crippen LogP contribution in [0.2, 0.25) is 0 Å². The van der Waals surface area contributed by atoms with Gasteiger partial charge in [0, 0.05) is 11.5 Å². The van der Waals surface area contributed by atoms with Gasteiger partial charge in [0.1, 0.15) is 0 Å². The lowest BCUT2D eigenvalue weighted by Crippen LogP contribution is -2.25. The summed E-state index contributed by atoms with van der Waals surface area (Å²) in [5, 5.41) is 4.52. The van der Waals surface area contributed by atoms with Crippen molar-refractivity contribution in [3.63, 3.8) is 0 Å². The first-order chi connectivity index (χ1) is 10.6. The van der Waals surface area contributed by atoms with Crippen LogP contribution in [0.5, 0.6) is 0 Å². The third-order valence-corrected chi connectivity index (χ3v) is 5.00. The molecule has 1 aliphatic heterocycles. The van der Waals surface area contributed by atoms with Crippen LogP contribution >= 0.6 is 0 Å². The molecule has 4 rings (SSSR count). The Hall–Kier alpha value is -2.09. The first-order valence-corrected chi connectivity index (χ1v) is 8.05. The minimum atomic E-state index is 0.0973. The summed E-state index contributed by atoms with van der Waals surface area (Å²) in [4.78, 5) is 5.88. The highest BCUT2D eigenvalue weighted by Crippen LogP contribution is 2.43. The van der Waals surface area contributed by atoms with E-state index in [2.05, 4.69) is 62.3 Å². The van der Waals surface area contributed by atoms with Crippen LogP contribution in [0.1, 0.15) is 45.9 Å². The standard InChI is InChI=1S/C20H21NO/c1-12-10-13(2)18(14(3)11-12)19-17-9-8-15-6-4-5-7-16(15)20(17)22-21-19/h4-7,10-11,17,20H,8-9H2,1-3H3. The molecule has 22 heavy (non-hydrogen) atoms. The molecule has 1 heterocycles. The summed E-state index contributed by atoms with van der Waals surface area (Å²) in [6, 6.07) is 13.1. The average molecular weight is 291 g/mol. The van der Waals surface area contributed by atoms with Gasteiger partial charge in [-0.05, 0) is 55.9 Å². The van der Waals surface area contributed by atoms with Crippen molar-refractivity contribution in [3.8, 4) is 0 Å². The minimum Gasteiger partial charge on any atom is -0.387 e. The molecule has 112 valence electrons. The molecule has 0 aromatic heterocycles. The van der Waals surface area contributed by atoms with Gasteiger partial charge in [-0.15, -0.1) is 0 Å². The Morgan fingerprint density at radius 3 is 2.55 bits per heavy atom. The van der Waals surface area contributed by atoms with Crippen molar-refractivity contribution in [2.24, 2.45) is 11.1 Å². The fourth-order valence-corrected chi connectivity index (χ4v) is 4.13. The van der Waals surface area contributed by atoms with Crippen molar-refractivity contribution < 1.29 is 4.84 Å². The van der Waals surface area contributed by atoms with E-state index in [0.717, 1.165) is 18.6 Å². The second-order valence-electron chi connectivity index (χ2n) is 6.62. The molecule has 0 radical (unpaired) electrons. The first-order valence-electron chi connectivity index (χ1n) is 8.05. The summed E-state index contributed by atoms with van der Waals surface area (Å²) in [5.74, 6) is 0.384. The first kappa shape index (κ1) is 13.6. The maximum atomic E-state index is 5.88. The van der Waals surface area contributed by atoms with Gasteiger partial charge in [-0.2, -0.15) is 0 Å². The molecule has 2 heteroatoms. The van der Waals surface area contributed by atoms with Gasteiger partial charge in [0.15, 0.2) is 6.10 Å². The molecule has 0 saturated carbocycles. The highest BCUT2D eigenvalue weighted by Gasteiger charge is 2.40. The Morgan fingerprint density at radius 1 is 1.05 bits per heavy atom. The van der Waals surface area contributed by atoms with E-state index in [1.54, 1.807) is 0 Å². The van der Waals surface area contributed by atoms with Gasteiger partial charge >= 0.3 is 0 Å². The zero-order valence-corrected chi connectivity index (χ0v) is 13.4. The molecule has 0 spiro atoms. The molecule has 0 saturated heterocycles. The van der Waals surface area contributed by atoms with Gasteiger partial charge < -0.3 is 4.84 Å². The van der Waals surface area contributed by atoms with Gasteiger partial charge in [-0.3, -0.25) is 0 Å².